The maximum Gasteiger partial charge on any atom is 0.257 e. The third kappa shape index (κ3) is 3.94. The van der Waals surface area contributed by atoms with Crippen molar-refractivity contribution in [2.75, 3.05) is 53.5 Å². The Labute approximate surface area is 149 Å². The highest BCUT2D eigenvalue weighted by Crippen LogP contribution is 2.26. The number of piperazine rings is 1. The number of nitrogens with one attached hydrogen (secondary N) is 1. The van der Waals surface area contributed by atoms with Crippen molar-refractivity contribution in [1.29, 1.82) is 0 Å². The second kappa shape index (κ2) is 8.55. The largest absolute Gasteiger partial charge is 0.497 e. The fourth-order valence-corrected chi connectivity index (χ4v) is 3.39. The Morgan fingerprint density at radius 2 is 1.92 bits per heavy atom. The Hall–Kier alpha value is -1.50. The molecule has 1 aromatic carbocycles. The number of halogens is 1. The van der Waals surface area contributed by atoms with Gasteiger partial charge in [0.1, 0.15) is 11.5 Å². The van der Waals surface area contributed by atoms with Gasteiger partial charge in [0.15, 0.2) is 0 Å². The highest BCUT2D eigenvalue weighted by atomic mass is 35.5. The highest BCUT2D eigenvalue weighted by Gasteiger charge is 2.29. The molecule has 1 unspecified atom stereocenters. The predicted molar refractivity (Wildman–Crippen MR) is 95.5 cm³/mol. The molecule has 2 aliphatic heterocycles. The molecule has 0 radical (unpaired) electrons. The number of ether oxygens (including phenoxy) is 2. The molecular formula is C17H26ClN3O3. The van der Waals surface area contributed by atoms with E-state index in [2.05, 4.69) is 10.2 Å². The maximum absolute atomic E-state index is 12.8. The van der Waals surface area contributed by atoms with Gasteiger partial charge in [-0.15, -0.1) is 12.4 Å². The summed E-state index contributed by atoms with van der Waals surface area (Å²) in [5.74, 6) is 1.29. The van der Waals surface area contributed by atoms with Crippen LogP contribution in [0.4, 0.5) is 0 Å². The van der Waals surface area contributed by atoms with Gasteiger partial charge in [0.05, 0.1) is 19.8 Å². The van der Waals surface area contributed by atoms with Gasteiger partial charge in [-0.3, -0.25) is 9.69 Å². The first-order valence-electron chi connectivity index (χ1n) is 8.19. The monoisotopic (exact) mass is 355 g/mol. The molecule has 1 amide bonds. The molecule has 7 heteroatoms. The summed E-state index contributed by atoms with van der Waals surface area (Å²) in [6, 6.07) is 5.97. The van der Waals surface area contributed by atoms with Crippen molar-refractivity contribution in [1.82, 2.24) is 15.1 Å². The molecule has 2 saturated heterocycles. The Morgan fingerprint density at radius 1 is 1.17 bits per heavy atom. The van der Waals surface area contributed by atoms with Gasteiger partial charge in [0, 0.05) is 38.8 Å². The van der Waals surface area contributed by atoms with Crippen LogP contribution in [0.5, 0.6) is 11.5 Å². The van der Waals surface area contributed by atoms with Crippen LogP contribution >= 0.6 is 12.4 Å². The lowest BCUT2D eigenvalue weighted by Gasteiger charge is -2.38. The number of nitrogens with zero attached hydrogens (tertiary/aromatic N) is 2. The van der Waals surface area contributed by atoms with Gasteiger partial charge in [0.2, 0.25) is 0 Å². The number of carbonyl (C=O) groups excluding carboxylic acids is 1. The van der Waals surface area contributed by atoms with Gasteiger partial charge < -0.3 is 19.7 Å². The minimum absolute atomic E-state index is 0. The minimum atomic E-state index is 0. The first-order chi connectivity index (χ1) is 11.2. The van der Waals surface area contributed by atoms with Crippen molar-refractivity contribution in [3.05, 3.63) is 23.8 Å². The molecule has 3 rings (SSSR count). The number of benzene rings is 1. The molecule has 0 saturated carbocycles. The first kappa shape index (κ1) is 18.8. The van der Waals surface area contributed by atoms with Crippen LogP contribution in [0.15, 0.2) is 18.2 Å². The van der Waals surface area contributed by atoms with Gasteiger partial charge in [-0.05, 0) is 31.2 Å². The topological polar surface area (TPSA) is 54.0 Å². The van der Waals surface area contributed by atoms with Crippen LogP contribution in [0.1, 0.15) is 16.8 Å². The van der Waals surface area contributed by atoms with Crippen LogP contribution in [-0.4, -0.2) is 75.2 Å². The van der Waals surface area contributed by atoms with E-state index in [-0.39, 0.29) is 18.3 Å². The zero-order chi connectivity index (χ0) is 16.2. The second-order valence-electron chi connectivity index (χ2n) is 6.04. The third-order valence-electron chi connectivity index (χ3n) is 4.79. The highest BCUT2D eigenvalue weighted by molar-refractivity contribution is 5.97. The van der Waals surface area contributed by atoms with E-state index in [1.165, 1.54) is 6.42 Å². The van der Waals surface area contributed by atoms with Crippen LogP contribution in [0.3, 0.4) is 0 Å². The molecule has 1 aromatic rings. The molecule has 0 bridgehead atoms. The molecule has 0 aliphatic carbocycles. The number of hydrogen-bond acceptors (Lipinski definition) is 5. The molecule has 1 atom stereocenters. The van der Waals surface area contributed by atoms with E-state index in [0.29, 0.717) is 23.1 Å². The van der Waals surface area contributed by atoms with Gasteiger partial charge in [-0.1, -0.05) is 0 Å². The molecule has 6 nitrogen and oxygen atoms in total. The predicted octanol–water partition coefficient (Wildman–Crippen LogP) is 1.25. The summed E-state index contributed by atoms with van der Waals surface area (Å²) in [6.07, 6.45) is 1.21. The molecule has 0 spiro atoms. The Kier molecular flexibility index (Phi) is 6.71. The molecular weight excluding hydrogens is 330 g/mol. The zero-order valence-electron chi connectivity index (χ0n) is 14.3. The average molecular weight is 356 g/mol. The molecule has 2 heterocycles. The lowest BCUT2D eigenvalue weighted by atomic mass is 10.1. The number of rotatable bonds is 4. The van der Waals surface area contributed by atoms with E-state index in [1.807, 2.05) is 4.90 Å². The Morgan fingerprint density at radius 3 is 2.50 bits per heavy atom. The number of methoxy groups -OCH3 is 2. The molecule has 0 aromatic heterocycles. The summed E-state index contributed by atoms with van der Waals surface area (Å²) in [5, 5.41) is 3.40. The maximum atomic E-state index is 12.8. The third-order valence-corrected chi connectivity index (χ3v) is 4.79. The fourth-order valence-electron chi connectivity index (χ4n) is 3.39. The Bertz CT molecular complexity index is 556. The van der Waals surface area contributed by atoms with Crippen molar-refractivity contribution in [2.45, 2.75) is 12.5 Å². The lowest BCUT2D eigenvalue weighted by molar-refractivity contribution is 0.0580. The van der Waals surface area contributed by atoms with Crippen molar-refractivity contribution in [3.8, 4) is 11.5 Å². The first-order valence-corrected chi connectivity index (χ1v) is 8.19. The van der Waals surface area contributed by atoms with Crippen LogP contribution in [-0.2, 0) is 0 Å². The summed E-state index contributed by atoms with van der Waals surface area (Å²) >= 11 is 0. The second-order valence-corrected chi connectivity index (χ2v) is 6.04. The van der Waals surface area contributed by atoms with E-state index in [1.54, 1.807) is 32.4 Å². The summed E-state index contributed by atoms with van der Waals surface area (Å²) in [5.41, 5.74) is 0.572. The van der Waals surface area contributed by atoms with Gasteiger partial charge in [-0.25, -0.2) is 0 Å². The summed E-state index contributed by atoms with van der Waals surface area (Å²) < 4.78 is 10.6. The zero-order valence-corrected chi connectivity index (χ0v) is 15.1. The van der Waals surface area contributed by atoms with Crippen molar-refractivity contribution in [3.63, 3.8) is 0 Å². The van der Waals surface area contributed by atoms with Gasteiger partial charge >= 0.3 is 0 Å². The van der Waals surface area contributed by atoms with E-state index >= 15 is 0 Å². The molecule has 24 heavy (non-hydrogen) atoms. The normalized spacial score (nSPS) is 21.2. The van der Waals surface area contributed by atoms with E-state index in [9.17, 15) is 4.79 Å². The summed E-state index contributed by atoms with van der Waals surface area (Å²) in [4.78, 5) is 17.2. The quantitative estimate of drug-likeness (QED) is 0.880. The number of hydrogen-bond donors (Lipinski definition) is 1. The Balaban J connectivity index is 0.00000208. The van der Waals surface area contributed by atoms with E-state index in [0.717, 1.165) is 39.3 Å². The van der Waals surface area contributed by atoms with E-state index in [4.69, 9.17) is 9.47 Å². The van der Waals surface area contributed by atoms with Crippen molar-refractivity contribution >= 4 is 18.3 Å². The molecule has 1 N–H and O–H groups in total. The van der Waals surface area contributed by atoms with Crippen molar-refractivity contribution in [2.24, 2.45) is 0 Å². The molecule has 2 aliphatic rings. The van der Waals surface area contributed by atoms with Crippen LogP contribution in [0, 0.1) is 0 Å². The van der Waals surface area contributed by atoms with Gasteiger partial charge in [0.25, 0.3) is 5.91 Å². The molecule has 134 valence electrons. The molecule has 2 fully saturated rings. The lowest BCUT2D eigenvalue weighted by Crippen LogP contribution is -2.52. The standard InChI is InChI=1S/C17H25N3O3.ClH/c1-22-14-3-4-16(23-2)15(11-14)17(21)20-9-7-19(8-10-20)13-5-6-18-12-13;/h3-4,11,13,18H,5-10,12H2,1-2H3;1H. The van der Waals surface area contributed by atoms with Crippen LogP contribution in [0.2, 0.25) is 0 Å². The summed E-state index contributed by atoms with van der Waals surface area (Å²) in [7, 11) is 3.19. The number of amides is 1. The SMILES string of the molecule is COc1ccc(OC)c(C(=O)N2CCN(C3CCNC3)CC2)c1.Cl. The van der Waals surface area contributed by atoms with Crippen molar-refractivity contribution < 1.29 is 14.3 Å². The summed E-state index contributed by atoms with van der Waals surface area (Å²) in [6.45, 7) is 5.56. The smallest absolute Gasteiger partial charge is 0.257 e. The van der Waals surface area contributed by atoms with E-state index < -0.39 is 0 Å². The van der Waals surface area contributed by atoms with Gasteiger partial charge in [-0.2, -0.15) is 0 Å². The van der Waals surface area contributed by atoms with Crippen LogP contribution < -0.4 is 14.8 Å². The number of carbonyl (C=O) groups is 1. The minimum Gasteiger partial charge on any atom is -0.497 e. The fraction of sp³-hybridized carbons (Fsp3) is 0.588. The van der Waals surface area contributed by atoms with Crippen LogP contribution in [0.25, 0.3) is 0 Å². The average Bonchev–Trinajstić information content (AvgIpc) is 3.15.